The molecule has 1 fully saturated rings. The number of nitrogens with one attached hydrogen (secondary N) is 3. The maximum Gasteiger partial charge on any atom is 0.139 e. The molecule has 5 heteroatoms. The van der Waals surface area contributed by atoms with E-state index in [1.54, 1.807) is 0 Å². The van der Waals surface area contributed by atoms with Crippen molar-refractivity contribution in [2.75, 3.05) is 25.1 Å². The number of hydrogen-bond donors (Lipinski definition) is 3. The number of aromatic amines is 1. The molecule has 0 atom stereocenters. The van der Waals surface area contributed by atoms with Crippen LogP contribution in [0.5, 0.6) is 0 Å². The first-order valence-corrected chi connectivity index (χ1v) is 6.92. The van der Waals surface area contributed by atoms with Gasteiger partial charge in [0.25, 0.3) is 0 Å². The van der Waals surface area contributed by atoms with Gasteiger partial charge in [0.05, 0.1) is 12.3 Å². The summed E-state index contributed by atoms with van der Waals surface area (Å²) in [5.74, 6) is 0. The molecule has 2 aliphatic heterocycles. The highest BCUT2D eigenvalue weighted by molar-refractivity contribution is 5.91. The van der Waals surface area contributed by atoms with Crippen molar-refractivity contribution in [2.45, 2.75) is 25.9 Å². The number of pyridine rings is 1. The first-order chi connectivity index (χ1) is 9.45. The van der Waals surface area contributed by atoms with Crippen molar-refractivity contribution >= 4 is 16.7 Å². The van der Waals surface area contributed by atoms with Crippen molar-refractivity contribution in [3.05, 3.63) is 24.0 Å². The molecule has 0 aromatic carbocycles. The highest BCUT2D eigenvalue weighted by Crippen LogP contribution is 2.27. The summed E-state index contributed by atoms with van der Waals surface area (Å²) in [4.78, 5) is 7.36. The number of rotatable bonds is 0. The Kier molecular flexibility index (Phi) is 3.95. The largest absolute Gasteiger partial charge is 0.362 e. The summed E-state index contributed by atoms with van der Waals surface area (Å²) >= 11 is 0. The minimum atomic E-state index is 0.581. The predicted octanol–water partition coefficient (Wildman–Crippen LogP) is 2.22. The van der Waals surface area contributed by atoms with Crippen LogP contribution >= 0.6 is 0 Å². The van der Waals surface area contributed by atoms with Gasteiger partial charge in [-0.25, -0.2) is 4.98 Å². The lowest BCUT2D eigenvalue weighted by Gasteiger charge is -2.18. The van der Waals surface area contributed by atoms with Gasteiger partial charge >= 0.3 is 0 Å². The average Bonchev–Trinajstić information content (AvgIpc) is 2.99. The second-order valence-electron chi connectivity index (χ2n) is 4.88. The van der Waals surface area contributed by atoms with Crippen LogP contribution < -0.4 is 10.6 Å². The van der Waals surface area contributed by atoms with Gasteiger partial charge in [-0.1, -0.05) is 6.42 Å². The summed E-state index contributed by atoms with van der Waals surface area (Å²) in [6, 6.07) is 2.03. The molecule has 5 nitrogen and oxygen atoms in total. The predicted molar refractivity (Wildman–Crippen MR) is 76.1 cm³/mol. The van der Waals surface area contributed by atoms with Crippen molar-refractivity contribution in [1.82, 2.24) is 15.3 Å². The van der Waals surface area contributed by atoms with E-state index in [1.807, 2.05) is 18.5 Å². The molecule has 19 heavy (non-hydrogen) atoms. The van der Waals surface area contributed by atoms with Crippen molar-refractivity contribution in [2.24, 2.45) is 0 Å². The third kappa shape index (κ3) is 2.88. The Hall–Kier alpha value is -1.59. The molecule has 0 aliphatic carbocycles. The fourth-order valence-electron chi connectivity index (χ4n) is 2.45. The molecule has 0 amide bonds. The molecule has 0 unspecified atom stereocenters. The maximum atomic E-state index is 5.26. The van der Waals surface area contributed by atoms with E-state index in [-0.39, 0.29) is 0 Å². The average molecular weight is 260 g/mol. The van der Waals surface area contributed by atoms with Gasteiger partial charge in [-0.05, 0) is 32.0 Å². The second kappa shape index (κ2) is 6.04. The summed E-state index contributed by atoms with van der Waals surface area (Å²) in [5.41, 5.74) is 3.20. The molecule has 2 aromatic heterocycles. The Bertz CT molecular complexity index is 522. The Morgan fingerprint density at radius 3 is 2.79 bits per heavy atom. The standard InChI is InChI=1S/C9H9N3O.C5H11N/c1-2-10-9-7(1)8-6(3-11-9)4-13-5-12-8;1-2-4-6-5-3-1/h1-3,12H,4-5H2,(H,10,11);6H,1-5H2. The third-order valence-electron chi connectivity index (χ3n) is 3.48. The fraction of sp³-hybridized carbons (Fsp3) is 0.500. The fourth-order valence-corrected chi connectivity index (χ4v) is 2.45. The number of nitrogens with zero attached hydrogens (tertiary/aromatic N) is 1. The van der Waals surface area contributed by atoms with Gasteiger partial charge < -0.3 is 20.4 Å². The number of ether oxygens (including phenoxy) is 1. The lowest BCUT2D eigenvalue weighted by Crippen LogP contribution is -2.21. The van der Waals surface area contributed by atoms with Crippen LogP contribution in [0.2, 0.25) is 0 Å². The zero-order valence-electron chi connectivity index (χ0n) is 11.0. The van der Waals surface area contributed by atoms with Gasteiger partial charge in [-0.15, -0.1) is 0 Å². The van der Waals surface area contributed by atoms with Crippen LogP contribution in [0.4, 0.5) is 5.69 Å². The highest BCUT2D eigenvalue weighted by atomic mass is 16.5. The lowest BCUT2D eigenvalue weighted by atomic mass is 10.2. The molecular weight excluding hydrogens is 240 g/mol. The number of anilines is 1. The minimum absolute atomic E-state index is 0.581. The molecular formula is C14H20N4O. The van der Waals surface area contributed by atoms with Crippen LogP contribution in [0.1, 0.15) is 24.8 Å². The van der Waals surface area contributed by atoms with Gasteiger partial charge in [0.1, 0.15) is 12.4 Å². The Balaban J connectivity index is 0.000000155. The molecule has 2 aromatic rings. The van der Waals surface area contributed by atoms with Crippen LogP contribution in [0.15, 0.2) is 18.5 Å². The molecule has 3 N–H and O–H groups in total. The minimum Gasteiger partial charge on any atom is -0.362 e. The van der Waals surface area contributed by atoms with Crippen LogP contribution in [-0.4, -0.2) is 29.8 Å². The van der Waals surface area contributed by atoms with Crippen molar-refractivity contribution in [1.29, 1.82) is 0 Å². The number of fused-ring (bicyclic) bond motifs is 3. The smallest absolute Gasteiger partial charge is 0.139 e. The van der Waals surface area contributed by atoms with Gasteiger partial charge in [0.2, 0.25) is 0 Å². The van der Waals surface area contributed by atoms with Crippen molar-refractivity contribution in [3.8, 4) is 0 Å². The maximum absolute atomic E-state index is 5.26. The monoisotopic (exact) mass is 260 g/mol. The molecule has 0 bridgehead atoms. The molecule has 4 rings (SSSR count). The zero-order valence-corrected chi connectivity index (χ0v) is 11.0. The molecule has 0 saturated carbocycles. The van der Waals surface area contributed by atoms with E-state index < -0.39 is 0 Å². The molecule has 0 spiro atoms. The molecule has 4 heterocycles. The van der Waals surface area contributed by atoms with Crippen LogP contribution in [-0.2, 0) is 11.3 Å². The highest BCUT2D eigenvalue weighted by Gasteiger charge is 2.12. The Morgan fingerprint density at radius 1 is 1.16 bits per heavy atom. The van der Waals surface area contributed by atoms with E-state index in [0.29, 0.717) is 13.3 Å². The summed E-state index contributed by atoms with van der Waals surface area (Å²) in [7, 11) is 0. The molecule has 0 radical (unpaired) electrons. The third-order valence-corrected chi connectivity index (χ3v) is 3.48. The van der Waals surface area contributed by atoms with Gasteiger partial charge in [0, 0.05) is 23.3 Å². The number of H-pyrrole nitrogens is 1. The lowest BCUT2D eigenvalue weighted by molar-refractivity contribution is 0.130. The quantitative estimate of drug-likeness (QED) is 0.679. The summed E-state index contributed by atoms with van der Waals surface area (Å²) in [5, 5.41) is 7.63. The van der Waals surface area contributed by atoms with Gasteiger partial charge in [0.15, 0.2) is 0 Å². The molecule has 1 saturated heterocycles. The van der Waals surface area contributed by atoms with E-state index in [1.165, 1.54) is 32.4 Å². The Labute approximate surface area is 112 Å². The van der Waals surface area contributed by atoms with Crippen LogP contribution in [0, 0.1) is 0 Å². The number of piperidine rings is 1. The van der Waals surface area contributed by atoms with E-state index in [2.05, 4.69) is 20.6 Å². The summed E-state index contributed by atoms with van der Waals surface area (Å²) < 4.78 is 5.26. The van der Waals surface area contributed by atoms with E-state index in [0.717, 1.165) is 22.3 Å². The summed E-state index contributed by atoms with van der Waals surface area (Å²) in [6.07, 6.45) is 7.96. The van der Waals surface area contributed by atoms with E-state index in [9.17, 15) is 0 Å². The second-order valence-corrected chi connectivity index (χ2v) is 4.88. The Morgan fingerprint density at radius 2 is 2.05 bits per heavy atom. The molecule has 102 valence electrons. The van der Waals surface area contributed by atoms with E-state index in [4.69, 9.17) is 4.74 Å². The van der Waals surface area contributed by atoms with Crippen LogP contribution in [0.3, 0.4) is 0 Å². The molecule has 2 aliphatic rings. The van der Waals surface area contributed by atoms with Crippen LogP contribution in [0.25, 0.3) is 11.0 Å². The van der Waals surface area contributed by atoms with Crippen molar-refractivity contribution in [3.63, 3.8) is 0 Å². The van der Waals surface area contributed by atoms with Gasteiger partial charge in [-0.2, -0.15) is 0 Å². The van der Waals surface area contributed by atoms with Gasteiger partial charge in [-0.3, -0.25) is 0 Å². The number of hydrogen-bond acceptors (Lipinski definition) is 4. The van der Waals surface area contributed by atoms with Crippen molar-refractivity contribution < 1.29 is 4.74 Å². The summed E-state index contributed by atoms with van der Waals surface area (Å²) in [6.45, 7) is 3.73. The first-order valence-electron chi connectivity index (χ1n) is 6.92. The first kappa shape index (κ1) is 12.4. The number of aromatic nitrogens is 2. The normalized spacial score (nSPS) is 18.1. The zero-order chi connectivity index (χ0) is 12.9. The van der Waals surface area contributed by atoms with E-state index >= 15 is 0 Å². The SMILES string of the molecule is C1CCNCC1.c1cc2c3c(cnc2[nH]1)COCN3. The topological polar surface area (TPSA) is 62.0 Å².